The number of amides is 2. The molecule has 3 aromatic carbocycles. The Labute approximate surface area is 164 Å². The van der Waals surface area contributed by atoms with Gasteiger partial charge in [0.05, 0.1) is 0 Å². The van der Waals surface area contributed by atoms with Crippen molar-refractivity contribution >= 4 is 17.5 Å². The van der Waals surface area contributed by atoms with Crippen LogP contribution in [0.3, 0.4) is 0 Å². The molecule has 0 aliphatic rings. The van der Waals surface area contributed by atoms with E-state index < -0.39 is 0 Å². The van der Waals surface area contributed by atoms with E-state index in [4.69, 9.17) is 4.74 Å². The average molecular weight is 374 g/mol. The Bertz CT molecular complexity index is 953. The number of nitrogens with zero attached hydrogens (tertiary/aromatic N) is 1. The molecule has 0 heterocycles. The highest BCUT2D eigenvalue weighted by atomic mass is 16.5. The third-order valence-electron chi connectivity index (χ3n) is 4.24. The Morgan fingerprint density at radius 1 is 0.893 bits per heavy atom. The fraction of sp³-hybridized carbons (Fsp3) is 0.130. The van der Waals surface area contributed by atoms with Gasteiger partial charge in [0.25, 0.3) is 5.91 Å². The van der Waals surface area contributed by atoms with Crippen molar-refractivity contribution in [3.8, 4) is 11.5 Å². The number of nitrogens with one attached hydrogen (secondary N) is 1. The second-order valence-corrected chi connectivity index (χ2v) is 6.47. The second kappa shape index (κ2) is 8.86. The summed E-state index contributed by atoms with van der Waals surface area (Å²) in [5.41, 5.74) is 2.16. The first-order valence-electron chi connectivity index (χ1n) is 8.96. The zero-order valence-electron chi connectivity index (χ0n) is 15.9. The van der Waals surface area contributed by atoms with E-state index in [0.29, 0.717) is 23.5 Å². The van der Waals surface area contributed by atoms with Crippen molar-refractivity contribution in [2.24, 2.45) is 0 Å². The molecule has 0 spiro atoms. The minimum absolute atomic E-state index is 0.00718. The molecule has 0 unspecified atom stereocenters. The van der Waals surface area contributed by atoms with Gasteiger partial charge in [-0.1, -0.05) is 30.3 Å². The van der Waals surface area contributed by atoms with Crippen molar-refractivity contribution in [2.75, 3.05) is 12.4 Å². The fourth-order valence-electron chi connectivity index (χ4n) is 2.63. The topological polar surface area (TPSA) is 58.6 Å². The van der Waals surface area contributed by atoms with Gasteiger partial charge in [0, 0.05) is 31.8 Å². The zero-order chi connectivity index (χ0) is 19.9. The summed E-state index contributed by atoms with van der Waals surface area (Å²) in [5.74, 6) is 1.19. The molecule has 0 radical (unpaired) electrons. The lowest BCUT2D eigenvalue weighted by Crippen LogP contribution is -2.23. The number of anilines is 1. The predicted molar refractivity (Wildman–Crippen MR) is 110 cm³/mol. The number of benzene rings is 3. The first-order chi connectivity index (χ1) is 13.5. The molecule has 0 bridgehead atoms. The van der Waals surface area contributed by atoms with E-state index in [1.54, 1.807) is 36.2 Å². The van der Waals surface area contributed by atoms with Crippen molar-refractivity contribution in [2.45, 2.75) is 13.5 Å². The molecule has 3 rings (SSSR count). The summed E-state index contributed by atoms with van der Waals surface area (Å²) in [6.45, 7) is 2.02. The van der Waals surface area contributed by atoms with Gasteiger partial charge in [-0.3, -0.25) is 9.59 Å². The molecule has 0 aliphatic heterocycles. The lowest BCUT2D eigenvalue weighted by atomic mass is 10.1. The molecule has 0 aromatic heterocycles. The van der Waals surface area contributed by atoms with E-state index >= 15 is 0 Å². The van der Waals surface area contributed by atoms with E-state index in [0.717, 1.165) is 11.3 Å². The minimum atomic E-state index is -0.205. The molecule has 2 amide bonds. The number of rotatable bonds is 6. The maximum Gasteiger partial charge on any atom is 0.255 e. The van der Waals surface area contributed by atoms with Crippen LogP contribution in [0.15, 0.2) is 78.9 Å². The van der Waals surface area contributed by atoms with Gasteiger partial charge in [-0.15, -0.1) is 0 Å². The molecule has 0 aliphatic carbocycles. The number of hydrogen-bond donors (Lipinski definition) is 1. The third-order valence-corrected chi connectivity index (χ3v) is 4.24. The molecule has 28 heavy (non-hydrogen) atoms. The zero-order valence-corrected chi connectivity index (χ0v) is 15.9. The van der Waals surface area contributed by atoms with Crippen molar-refractivity contribution < 1.29 is 14.3 Å². The van der Waals surface area contributed by atoms with Gasteiger partial charge < -0.3 is 15.0 Å². The molecule has 3 aromatic rings. The van der Waals surface area contributed by atoms with Crippen LogP contribution >= 0.6 is 0 Å². The maximum atomic E-state index is 12.5. The Balaban J connectivity index is 1.64. The number of para-hydroxylation sites is 1. The van der Waals surface area contributed by atoms with Crippen LogP contribution < -0.4 is 10.1 Å². The summed E-state index contributed by atoms with van der Waals surface area (Å²) in [6, 6.07) is 23.9. The Kier molecular flexibility index (Phi) is 6.07. The van der Waals surface area contributed by atoms with E-state index in [1.165, 1.54) is 6.92 Å². The quantitative estimate of drug-likeness (QED) is 0.680. The minimum Gasteiger partial charge on any atom is -0.457 e. The van der Waals surface area contributed by atoms with Crippen LogP contribution in [0.2, 0.25) is 0 Å². The molecule has 5 heteroatoms. The Morgan fingerprint density at radius 3 is 2.25 bits per heavy atom. The molecule has 1 N–H and O–H groups in total. The van der Waals surface area contributed by atoms with E-state index in [1.807, 2.05) is 54.6 Å². The first kappa shape index (κ1) is 19.2. The number of hydrogen-bond acceptors (Lipinski definition) is 3. The second-order valence-electron chi connectivity index (χ2n) is 6.47. The van der Waals surface area contributed by atoms with Crippen molar-refractivity contribution in [1.29, 1.82) is 0 Å². The fourth-order valence-corrected chi connectivity index (χ4v) is 2.63. The van der Waals surface area contributed by atoms with Crippen LogP contribution in [0, 0.1) is 0 Å². The van der Waals surface area contributed by atoms with Crippen LogP contribution in [0.25, 0.3) is 0 Å². The third kappa shape index (κ3) is 5.20. The van der Waals surface area contributed by atoms with Gasteiger partial charge in [-0.05, 0) is 54.1 Å². The summed E-state index contributed by atoms with van der Waals surface area (Å²) in [5, 5.41) is 2.89. The van der Waals surface area contributed by atoms with Crippen LogP contribution in [0.1, 0.15) is 22.8 Å². The van der Waals surface area contributed by atoms with Crippen LogP contribution in [0.5, 0.6) is 11.5 Å². The smallest absolute Gasteiger partial charge is 0.255 e. The van der Waals surface area contributed by atoms with E-state index in [2.05, 4.69) is 5.32 Å². The summed E-state index contributed by atoms with van der Waals surface area (Å²) in [7, 11) is 1.74. The monoisotopic (exact) mass is 374 g/mol. The molecular formula is C23H22N2O3. The molecule has 142 valence electrons. The van der Waals surface area contributed by atoms with Crippen molar-refractivity contribution in [3.05, 3.63) is 90.0 Å². The average Bonchev–Trinajstić information content (AvgIpc) is 2.69. The molecule has 0 saturated heterocycles. The van der Waals surface area contributed by atoms with Gasteiger partial charge >= 0.3 is 0 Å². The van der Waals surface area contributed by atoms with Crippen molar-refractivity contribution in [3.63, 3.8) is 0 Å². The highest BCUT2D eigenvalue weighted by Gasteiger charge is 2.08. The highest BCUT2D eigenvalue weighted by Crippen LogP contribution is 2.21. The summed E-state index contributed by atoms with van der Waals surface area (Å²) in [6.07, 6.45) is 0. The largest absolute Gasteiger partial charge is 0.457 e. The standard InChI is InChI=1S/C23H22N2O3/c1-17(26)25(2)16-18-7-6-8-20(15-18)24-23(27)19-11-13-22(14-12-19)28-21-9-4-3-5-10-21/h3-15H,16H2,1-2H3,(H,24,27). The lowest BCUT2D eigenvalue weighted by Gasteiger charge is -2.15. The number of carbonyl (C=O) groups is 2. The number of ether oxygens (including phenoxy) is 1. The van der Waals surface area contributed by atoms with E-state index in [-0.39, 0.29) is 11.8 Å². The van der Waals surface area contributed by atoms with Gasteiger partial charge in [-0.25, -0.2) is 0 Å². The Morgan fingerprint density at radius 2 is 1.57 bits per heavy atom. The van der Waals surface area contributed by atoms with Crippen LogP contribution in [-0.2, 0) is 11.3 Å². The normalized spacial score (nSPS) is 10.2. The van der Waals surface area contributed by atoms with Gasteiger partial charge in [0.1, 0.15) is 11.5 Å². The SMILES string of the molecule is CC(=O)N(C)Cc1cccc(NC(=O)c2ccc(Oc3ccccc3)cc2)c1. The van der Waals surface area contributed by atoms with Crippen LogP contribution in [0.4, 0.5) is 5.69 Å². The molecule has 0 fully saturated rings. The maximum absolute atomic E-state index is 12.5. The summed E-state index contributed by atoms with van der Waals surface area (Å²) >= 11 is 0. The Hall–Kier alpha value is -3.60. The molecule has 0 saturated carbocycles. The van der Waals surface area contributed by atoms with Gasteiger partial charge in [0.15, 0.2) is 0 Å². The number of carbonyl (C=O) groups excluding carboxylic acids is 2. The van der Waals surface area contributed by atoms with Crippen molar-refractivity contribution in [1.82, 2.24) is 4.90 Å². The molecule has 0 atom stereocenters. The van der Waals surface area contributed by atoms with Crippen LogP contribution in [-0.4, -0.2) is 23.8 Å². The van der Waals surface area contributed by atoms with E-state index in [9.17, 15) is 9.59 Å². The first-order valence-corrected chi connectivity index (χ1v) is 8.96. The molecular weight excluding hydrogens is 352 g/mol. The predicted octanol–water partition coefficient (Wildman–Crippen LogP) is 4.71. The van der Waals surface area contributed by atoms with Gasteiger partial charge in [-0.2, -0.15) is 0 Å². The summed E-state index contributed by atoms with van der Waals surface area (Å²) in [4.78, 5) is 25.5. The summed E-state index contributed by atoms with van der Waals surface area (Å²) < 4.78 is 5.74. The lowest BCUT2D eigenvalue weighted by molar-refractivity contribution is -0.128. The van der Waals surface area contributed by atoms with Gasteiger partial charge in [0.2, 0.25) is 5.91 Å². The molecule has 5 nitrogen and oxygen atoms in total. The highest BCUT2D eigenvalue weighted by molar-refractivity contribution is 6.04.